The lowest BCUT2D eigenvalue weighted by molar-refractivity contribution is -0.122. The molecule has 12 heteroatoms. The lowest BCUT2D eigenvalue weighted by Crippen LogP contribution is -2.40. The monoisotopic (exact) mass is 514 g/mol. The summed E-state index contributed by atoms with van der Waals surface area (Å²) in [6.07, 6.45) is 6.94. The second-order valence-electron chi connectivity index (χ2n) is 9.04. The predicted molar refractivity (Wildman–Crippen MR) is 139 cm³/mol. The van der Waals surface area contributed by atoms with Gasteiger partial charge in [0.25, 0.3) is 0 Å². The fourth-order valence-corrected chi connectivity index (χ4v) is 5.53. The Morgan fingerprint density at radius 1 is 1.14 bits per heavy atom. The summed E-state index contributed by atoms with van der Waals surface area (Å²) < 4.78 is 29.5. The van der Waals surface area contributed by atoms with Crippen molar-refractivity contribution in [3.63, 3.8) is 0 Å². The van der Waals surface area contributed by atoms with E-state index in [-0.39, 0.29) is 22.8 Å². The van der Waals surface area contributed by atoms with E-state index in [0.717, 1.165) is 38.5 Å². The molecule has 1 saturated carbocycles. The SMILES string of the molecule is CCCCNS(=O)(=O)c1ccc(Nc2nc(N[C@@H]3CCCC[C@@H]3C(N)=O)nc3c2ncn3CC)cc1. The summed E-state index contributed by atoms with van der Waals surface area (Å²) in [7, 11) is -3.56. The van der Waals surface area contributed by atoms with Crippen LogP contribution < -0.4 is 21.1 Å². The quantitative estimate of drug-likeness (QED) is 0.284. The van der Waals surface area contributed by atoms with Gasteiger partial charge >= 0.3 is 0 Å². The van der Waals surface area contributed by atoms with E-state index in [1.54, 1.807) is 30.6 Å². The first kappa shape index (κ1) is 25.8. The molecule has 0 radical (unpaired) electrons. The van der Waals surface area contributed by atoms with Gasteiger partial charge in [0.15, 0.2) is 17.0 Å². The Bertz CT molecular complexity index is 1310. The lowest BCUT2D eigenvalue weighted by Gasteiger charge is -2.30. The largest absolute Gasteiger partial charge is 0.369 e. The Morgan fingerprint density at radius 2 is 1.89 bits per heavy atom. The van der Waals surface area contributed by atoms with E-state index >= 15 is 0 Å². The van der Waals surface area contributed by atoms with Crippen molar-refractivity contribution >= 4 is 44.5 Å². The number of imidazole rings is 1. The van der Waals surface area contributed by atoms with E-state index in [9.17, 15) is 13.2 Å². The number of nitrogens with one attached hydrogen (secondary N) is 3. The maximum atomic E-state index is 12.5. The molecule has 36 heavy (non-hydrogen) atoms. The number of amides is 1. The van der Waals surface area contributed by atoms with Gasteiger partial charge in [-0.3, -0.25) is 4.79 Å². The number of rotatable bonds is 11. The first-order valence-electron chi connectivity index (χ1n) is 12.5. The van der Waals surface area contributed by atoms with Crippen molar-refractivity contribution in [1.82, 2.24) is 24.2 Å². The molecule has 2 aromatic heterocycles. The number of aromatic nitrogens is 4. The van der Waals surface area contributed by atoms with E-state index in [0.29, 0.717) is 41.7 Å². The van der Waals surface area contributed by atoms with Crippen molar-refractivity contribution in [2.45, 2.75) is 69.9 Å². The van der Waals surface area contributed by atoms with Crippen LogP contribution in [0.25, 0.3) is 11.2 Å². The normalized spacial score (nSPS) is 18.3. The molecule has 11 nitrogen and oxygen atoms in total. The summed E-state index contributed by atoms with van der Waals surface area (Å²) in [4.78, 5) is 26.0. The van der Waals surface area contributed by atoms with Gasteiger partial charge in [-0.05, 0) is 50.5 Å². The Hall–Kier alpha value is -3.25. The average Bonchev–Trinajstić information content (AvgIpc) is 3.28. The molecule has 0 unspecified atom stereocenters. The minimum absolute atomic E-state index is 0.135. The van der Waals surface area contributed by atoms with Crippen LogP contribution in [0.5, 0.6) is 0 Å². The van der Waals surface area contributed by atoms with E-state index in [2.05, 4.69) is 30.3 Å². The second-order valence-corrected chi connectivity index (χ2v) is 10.8. The van der Waals surface area contributed by atoms with Crippen molar-refractivity contribution < 1.29 is 13.2 Å². The smallest absolute Gasteiger partial charge is 0.240 e. The molecule has 2 atom stereocenters. The second kappa shape index (κ2) is 11.2. The molecule has 4 rings (SSSR count). The highest BCUT2D eigenvalue weighted by molar-refractivity contribution is 7.89. The van der Waals surface area contributed by atoms with E-state index in [4.69, 9.17) is 5.73 Å². The summed E-state index contributed by atoms with van der Waals surface area (Å²) in [5.41, 5.74) is 7.55. The Balaban J connectivity index is 1.60. The Kier molecular flexibility index (Phi) is 8.04. The van der Waals surface area contributed by atoms with Gasteiger partial charge in [0.2, 0.25) is 21.9 Å². The van der Waals surface area contributed by atoms with E-state index < -0.39 is 10.0 Å². The molecule has 1 aromatic carbocycles. The van der Waals surface area contributed by atoms with Gasteiger partial charge in [0, 0.05) is 24.8 Å². The first-order chi connectivity index (χ1) is 17.3. The molecule has 1 amide bonds. The van der Waals surface area contributed by atoms with Crippen LogP contribution in [-0.2, 0) is 21.4 Å². The minimum atomic E-state index is -3.56. The molecule has 0 bridgehead atoms. The van der Waals surface area contributed by atoms with Crippen molar-refractivity contribution in [2.75, 3.05) is 17.2 Å². The maximum absolute atomic E-state index is 12.5. The summed E-state index contributed by atoms with van der Waals surface area (Å²) in [5, 5.41) is 6.59. The topological polar surface area (TPSA) is 157 Å². The molecular formula is C24H34N8O3S. The molecule has 5 N–H and O–H groups in total. The van der Waals surface area contributed by atoms with Gasteiger partial charge in [-0.25, -0.2) is 18.1 Å². The zero-order valence-corrected chi connectivity index (χ0v) is 21.5. The van der Waals surface area contributed by atoms with Crippen LogP contribution in [0, 0.1) is 5.92 Å². The zero-order valence-electron chi connectivity index (χ0n) is 20.7. The number of carbonyl (C=O) groups excluding carboxylic acids is 1. The third-order valence-corrected chi connectivity index (χ3v) is 7.98. The molecule has 1 fully saturated rings. The van der Waals surface area contributed by atoms with Crippen molar-refractivity contribution in [2.24, 2.45) is 11.7 Å². The number of primary amides is 1. The van der Waals surface area contributed by atoms with Crippen LogP contribution in [0.3, 0.4) is 0 Å². The number of hydrogen-bond donors (Lipinski definition) is 4. The van der Waals surface area contributed by atoms with Gasteiger partial charge < -0.3 is 20.9 Å². The van der Waals surface area contributed by atoms with Crippen molar-refractivity contribution in [3.8, 4) is 0 Å². The van der Waals surface area contributed by atoms with Crippen LogP contribution in [-0.4, -0.2) is 46.4 Å². The maximum Gasteiger partial charge on any atom is 0.240 e. The first-order valence-corrected chi connectivity index (χ1v) is 14.0. The van der Waals surface area contributed by atoms with Crippen LogP contribution in [0.15, 0.2) is 35.5 Å². The third-order valence-electron chi connectivity index (χ3n) is 6.50. The highest BCUT2D eigenvalue weighted by Gasteiger charge is 2.30. The van der Waals surface area contributed by atoms with Crippen molar-refractivity contribution in [3.05, 3.63) is 30.6 Å². The van der Waals surface area contributed by atoms with Gasteiger partial charge in [0.05, 0.1) is 17.1 Å². The summed E-state index contributed by atoms with van der Waals surface area (Å²) in [5.74, 6) is 0.283. The summed E-state index contributed by atoms with van der Waals surface area (Å²) in [6.45, 7) is 5.10. The molecule has 1 aliphatic carbocycles. The number of aryl methyl sites for hydroxylation is 1. The van der Waals surface area contributed by atoms with Gasteiger partial charge in [-0.2, -0.15) is 9.97 Å². The number of benzene rings is 1. The molecule has 194 valence electrons. The third kappa shape index (κ3) is 5.76. The number of sulfonamides is 1. The van der Waals surface area contributed by atoms with Crippen LogP contribution >= 0.6 is 0 Å². The van der Waals surface area contributed by atoms with Crippen LogP contribution in [0.1, 0.15) is 52.4 Å². The van der Waals surface area contributed by atoms with Crippen LogP contribution in [0.2, 0.25) is 0 Å². The average molecular weight is 515 g/mol. The highest BCUT2D eigenvalue weighted by Crippen LogP contribution is 2.29. The number of unbranched alkanes of at least 4 members (excludes halogenated alkanes) is 1. The highest BCUT2D eigenvalue weighted by atomic mass is 32.2. The Morgan fingerprint density at radius 3 is 2.58 bits per heavy atom. The van der Waals surface area contributed by atoms with Gasteiger partial charge in [0.1, 0.15) is 0 Å². The number of anilines is 3. The van der Waals surface area contributed by atoms with E-state index in [1.165, 1.54) is 0 Å². The number of fused-ring (bicyclic) bond motifs is 1. The zero-order chi connectivity index (χ0) is 25.7. The predicted octanol–water partition coefficient (Wildman–Crippen LogP) is 3.12. The molecule has 3 aromatic rings. The van der Waals surface area contributed by atoms with Crippen LogP contribution in [0.4, 0.5) is 17.5 Å². The van der Waals surface area contributed by atoms with E-state index in [1.807, 2.05) is 18.4 Å². The minimum Gasteiger partial charge on any atom is -0.369 e. The summed E-state index contributed by atoms with van der Waals surface area (Å²) in [6, 6.07) is 6.35. The molecule has 1 aliphatic rings. The number of nitrogens with two attached hydrogens (primary N) is 1. The van der Waals surface area contributed by atoms with Gasteiger partial charge in [-0.15, -0.1) is 0 Å². The fraction of sp³-hybridized carbons (Fsp3) is 0.500. The molecule has 0 spiro atoms. The standard InChI is InChI=1S/C24H34N8O3S/c1-3-5-14-27-36(34,35)17-12-10-16(11-13-17)28-22-20-23(32(4-2)15-26-20)31-24(30-22)29-19-9-7-6-8-18(19)21(25)33/h10-13,15,18-19,27H,3-9,14H2,1-2H3,(H2,25,33)(H2,28,29,30,31)/t18-,19+/m0/s1. The Labute approximate surface area is 211 Å². The molecule has 0 aliphatic heterocycles. The van der Waals surface area contributed by atoms with Gasteiger partial charge in [-0.1, -0.05) is 26.2 Å². The number of carbonyl (C=O) groups is 1. The summed E-state index contributed by atoms with van der Waals surface area (Å²) >= 11 is 0. The van der Waals surface area contributed by atoms with Crippen molar-refractivity contribution in [1.29, 1.82) is 0 Å². The molecule has 2 heterocycles. The number of hydrogen-bond acceptors (Lipinski definition) is 8. The fourth-order valence-electron chi connectivity index (χ4n) is 4.46. The number of nitrogens with zero attached hydrogens (tertiary/aromatic N) is 4. The molecule has 0 saturated heterocycles. The lowest BCUT2D eigenvalue weighted by atomic mass is 9.84. The molecular weight excluding hydrogens is 480 g/mol.